The molecule has 0 heterocycles. The number of nitrogens with two attached hydrogens (primary N) is 3. The molecule has 0 radical (unpaired) electrons. The molecule has 4 heteroatoms. The highest BCUT2D eigenvalue weighted by molar-refractivity contribution is 5.25. The van der Waals surface area contributed by atoms with Gasteiger partial charge in [0.25, 0.3) is 0 Å². The van der Waals surface area contributed by atoms with Crippen molar-refractivity contribution in [2.75, 3.05) is 0 Å². The Balaban J connectivity index is 5.71. The van der Waals surface area contributed by atoms with Crippen LogP contribution >= 0.6 is 0 Å². The molecule has 4 nitrogen and oxygen atoms in total. The average molecular weight is 224 g/mol. The van der Waals surface area contributed by atoms with Crippen LogP contribution in [-0.2, 0) is 0 Å². The Morgan fingerprint density at radius 2 is 0.750 bits per heavy atom. The van der Waals surface area contributed by atoms with Crippen LogP contribution in [0.25, 0.3) is 0 Å². The maximum Gasteiger partial charge on any atom is 0.109 e. The molecule has 0 saturated carbocycles. The van der Waals surface area contributed by atoms with E-state index in [4.69, 9.17) is 17.2 Å². The lowest BCUT2D eigenvalue weighted by Gasteiger charge is -2.28. The largest absolute Gasteiger partial charge is 0.385 e. The molecule has 0 aromatic carbocycles. The van der Waals surface area contributed by atoms with Gasteiger partial charge in [0.1, 0.15) is 17.5 Å². The average Bonchev–Trinajstić information content (AvgIpc) is 2.16. The molecular formula is C12H24N4. The van der Waals surface area contributed by atoms with Crippen LogP contribution in [0.3, 0.4) is 0 Å². The fourth-order valence-corrected chi connectivity index (χ4v) is 1.06. The van der Waals surface area contributed by atoms with E-state index in [1.165, 1.54) is 0 Å². The number of nitrogens with zero attached hydrogens (tertiary/aromatic N) is 1. The molecule has 0 aliphatic heterocycles. The van der Waals surface area contributed by atoms with Gasteiger partial charge < -0.3 is 17.2 Å². The summed E-state index contributed by atoms with van der Waals surface area (Å²) in [5.41, 5.74) is 21.0. The van der Waals surface area contributed by atoms with Crippen molar-refractivity contribution in [1.29, 1.82) is 0 Å². The molecule has 0 aliphatic rings. The van der Waals surface area contributed by atoms with Gasteiger partial charge in [-0.3, -0.25) is 4.90 Å². The summed E-state index contributed by atoms with van der Waals surface area (Å²) in [5, 5.41) is 0. The van der Waals surface area contributed by atoms with E-state index in [0.29, 0.717) is 17.5 Å². The molecule has 0 saturated heterocycles. The zero-order valence-electron chi connectivity index (χ0n) is 11.2. The first-order chi connectivity index (χ1) is 7.20. The van der Waals surface area contributed by atoms with Crippen molar-refractivity contribution in [3.63, 3.8) is 0 Å². The minimum Gasteiger partial charge on any atom is -0.385 e. The minimum atomic E-state index is 0.581. The molecule has 0 fully saturated rings. The summed E-state index contributed by atoms with van der Waals surface area (Å²) in [6, 6.07) is 0. The molecule has 0 aliphatic carbocycles. The monoisotopic (exact) mass is 224 g/mol. The standard InChI is InChI=1S/C12H24N4/c1-7(2)10(13)16(11(14)8(3)4)12(15)9(5)6/h13-15H2,1-6H3. The molecule has 0 spiro atoms. The molecule has 0 rings (SSSR count). The Kier molecular flexibility index (Phi) is 4.95. The highest BCUT2D eigenvalue weighted by atomic mass is 15.3. The number of allylic oxidation sites excluding steroid dienone is 3. The van der Waals surface area contributed by atoms with E-state index in [0.717, 1.165) is 16.7 Å². The van der Waals surface area contributed by atoms with Crippen LogP contribution in [0.2, 0.25) is 0 Å². The summed E-state index contributed by atoms with van der Waals surface area (Å²) in [7, 11) is 0. The smallest absolute Gasteiger partial charge is 0.109 e. The molecule has 0 aromatic heterocycles. The van der Waals surface area contributed by atoms with Gasteiger partial charge in [0.15, 0.2) is 0 Å². The van der Waals surface area contributed by atoms with Gasteiger partial charge in [-0.05, 0) is 58.3 Å². The van der Waals surface area contributed by atoms with E-state index >= 15 is 0 Å². The number of hydrogen-bond acceptors (Lipinski definition) is 4. The Bertz CT molecular complexity index is 292. The molecule has 16 heavy (non-hydrogen) atoms. The predicted molar refractivity (Wildman–Crippen MR) is 69.5 cm³/mol. The summed E-state index contributed by atoms with van der Waals surface area (Å²) >= 11 is 0. The van der Waals surface area contributed by atoms with Crippen LogP contribution in [0.5, 0.6) is 0 Å². The summed E-state index contributed by atoms with van der Waals surface area (Å²) in [6.07, 6.45) is 0. The number of hydrogen-bond donors (Lipinski definition) is 3. The normalized spacial score (nSPS) is 9.38. The Hall–Kier alpha value is -1.58. The summed E-state index contributed by atoms with van der Waals surface area (Å²) in [5.74, 6) is 1.74. The van der Waals surface area contributed by atoms with Crippen molar-refractivity contribution in [2.24, 2.45) is 17.2 Å². The van der Waals surface area contributed by atoms with Crippen LogP contribution in [0, 0.1) is 0 Å². The van der Waals surface area contributed by atoms with Crippen LogP contribution in [0.1, 0.15) is 41.5 Å². The van der Waals surface area contributed by atoms with Gasteiger partial charge in [0, 0.05) is 0 Å². The maximum absolute atomic E-state index is 6.02. The third-order valence-electron chi connectivity index (χ3n) is 2.26. The lowest BCUT2D eigenvalue weighted by molar-refractivity contribution is 0.487. The fourth-order valence-electron chi connectivity index (χ4n) is 1.06. The van der Waals surface area contributed by atoms with Crippen LogP contribution < -0.4 is 17.2 Å². The second-order valence-electron chi connectivity index (χ2n) is 4.49. The van der Waals surface area contributed by atoms with Crippen molar-refractivity contribution >= 4 is 0 Å². The zero-order chi connectivity index (χ0) is 13.0. The first-order valence-electron chi connectivity index (χ1n) is 5.29. The van der Waals surface area contributed by atoms with Gasteiger partial charge in [-0.15, -0.1) is 0 Å². The molecule has 92 valence electrons. The number of rotatable bonds is 3. The molecule has 0 aromatic rings. The minimum absolute atomic E-state index is 0.581. The Labute approximate surface area is 98.5 Å². The van der Waals surface area contributed by atoms with Crippen molar-refractivity contribution in [3.05, 3.63) is 34.2 Å². The van der Waals surface area contributed by atoms with Crippen molar-refractivity contribution < 1.29 is 0 Å². The maximum atomic E-state index is 6.02. The molecule has 6 N–H and O–H groups in total. The van der Waals surface area contributed by atoms with Gasteiger partial charge in [0.2, 0.25) is 0 Å². The van der Waals surface area contributed by atoms with Gasteiger partial charge in [0.05, 0.1) is 0 Å². The molecule has 0 amide bonds. The third-order valence-corrected chi connectivity index (χ3v) is 2.26. The Morgan fingerprint density at radius 1 is 0.562 bits per heavy atom. The zero-order valence-corrected chi connectivity index (χ0v) is 11.2. The van der Waals surface area contributed by atoms with E-state index < -0.39 is 0 Å². The lowest BCUT2D eigenvalue weighted by atomic mass is 10.2. The van der Waals surface area contributed by atoms with Gasteiger partial charge in [-0.2, -0.15) is 0 Å². The quantitative estimate of drug-likeness (QED) is 0.684. The van der Waals surface area contributed by atoms with Crippen molar-refractivity contribution in [3.8, 4) is 0 Å². The summed E-state index contributed by atoms with van der Waals surface area (Å²) in [4.78, 5) is 1.69. The van der Waals surface area contributed by atoms with Crippen molar-refractivity contribution in [2.45, 2.75) is 41.5 Å². The van der Waals surface area contributed by atoms with Crippen LogP contribution in [0.4, 0.5) is 0 Å². The second kappa shape index (κ2) is 5.49. The fraction of sp³-hybridized carbons (Fsp3) is 0.500. The van der Waals surface area contributed by atoms with E-state index in [-0.39, 0.29) is 0 Å². The highest BCUT2D eigenvalue weighted by Crippen LogP contribution is 2.18. The van der Waals surface area contributed by atoms with Gasteiger partial charge >= 0.3 is 0 Å². The van der Waals surface area contributed by atoms with Crippen molar-refractivity contribution in [1.82, 2.24) is 4.90 Å². The van der Waals surface area contributed by atoms with E-state index in [2.05, 4.69) is 0 Å². The van der Waals surface area contributed by atoms with Gasteiger partial charge in [-0.25, -0.2) is 0 Å². The topological polar surface area (TPSA) is 81.3 Å². The first-order valence-corrected chi connectivity index (χ1v) is 5.29. The lowest BCUT2D eigenvalue weighted by Crippen LogP contribution is -2.36. The first kappa shape index (κ1) is 14.4. The van der Waals surface area contributed by atoms with E-state index in [9.17, 15) is 0 Å². The SMILES string of the molecule is CC(C)=C(N)N(C(N)=C(C)C)C(N)=C(C)C. The van der Waals surface area contributed by atoms with E-state index in [1.54, 1.807) is 4.90 Å². The third kappa shape index (κ3) is 3.22. The summed E-state index contributed by atoms with van der Waals surface area (Å²) in [6.45, 7) is 11.6. The van der Waals surface area contributed by atoms with Crippen LogP contribution in [-0.4, -0.2) is 4.90 Å². The summed E-state index contributed by atoms with van der Waals surface area (Å²) < 4.78 is 0. The highest BCUT2D eigenvalue weighted by Gasteiger charge is 2.15. The van der Waals surface area contributed by atoms with Gasteiger partial charge in [-0.1, -0.05) is 0 Å². The predicted octanol–water partition coefficient (Wildman–Crippen LogP) is 1.92. The molecule has 0 bridgehead atoms. The molecule has 0 unspecified atom stereocenters. The molecule has 0 atom stereocenters. The van der Waals surface area contributed by atoms with Crippen LogP contribution in [0.15, 0.2) is 34.2 Å². The van der Waals surface area contributed by atoms with E-state index in [1.807, 2.05) is 41.5 Å². The Morgan fingerprint density at radius 3 is 0.875 bits per heavy atom. The molecular weight excluding hydrogens is 200 g/mol. The second-order valence-corrected chi connectivity index (χ2v) is 4.49.